The van der Waals surface area contributed by atoms with E-state index in [0.29, 0.717) is 6.61 Å². The molecule has 2 heterocycles. The second kappa shape index (κ2) is 4.85. The van der Waals surface area contributed by atoms with Crippen LogP contribution >= 0.6 is 11.3 Å². The first-order valence-electron chi connectivity index (χ1n) is 4.74. The summed E-state index contributed by atoms with van der Waals surface area (Å²) in [5, 5.41) is 10.6. The molecule has 5 heteroatoms. The zero-order valence-corrected chi connectivity index (χ0v) is 9.20. The maximum absolute atomic E-state index is 10.5. The topological polar surface area (TPSA) is 59.7 Å². The molecule has 0 atom stereocenters. The molecule has 0 unspecified atom stereocenters. The van der Waals surface area contributed by atoms with Gasteiger partial charge in [-0.15, -0.1) is 11.3 Å². The molecule has 84 valence electrons. The van der Waals surface area contributed by atoms with Crippen molar-refractivity contribution >= 4 is 17.3 Å². The van der Waals surface area contributed by atoms with Crippen molar-refractivity contribution in [3.8, 4) is 5.95 Å². The van der Waals surface area contributed by atoms with Crippen molar-refractivity contribution in [2.75, 3.05) is 6.61 Å². The highest BCUT2D eigenvalue weighted by Crippen LogP contribution is 2.16. The van der Waals surface area contributed by atoms with Gasteiger partial charge in [0.05, 0.1) is 6.61 Å². The van der Waals surface area contributed by atoms with Gasteiger partial charge in [-0.3, -0.25) is 0 Å². The van der Waals surface area contributed by atoms with Gasteiger partial charge in [0.2, 0.25) is 5.76 Å². The fourth-order valence-corrected chi connectivity index (χ4v) is 1.91. The summed E-state index contributed by atoms with van der Waals surface area (Å²) < 4.78 is 10.2. The van der Waals surface area contributed by atoms with Crippen molar-refractivity contribution in [1.29, 1.82) is 0 Å². The van der Waals surface area contributed by atoms with E-state index in [0.717, 1.165) is 6.42 Å². The molecular weight excluding hydrogens is 228 g/mol. The number of furan rings is 1. The fourth-order valence-electron chi connectivity index (χ4n) is 1.22. The molecule has 0 amide bonds. The third-order valence-electron chi connectivity index (χ3n) is 1.97. The molecule has 0 aromatic carbocycles. The molecule has 0 aliphatic carbocycles. The van der Waals surface area contributed by atoms with Gasteiger partial charge in [-0.25, -0.2) is 4.79 Å². The molecule has 0 spiro atoms. The zero-order chi connectivity index (χ0) is 11.4. The summed E-state index contributed by atoms with van der Waals surface area (Å²) in [4.78, 5) is 11.8. The van der Waals surface area contributed by atoms with Gasteiger partial charge in [-0.2, -0.15) is 0 Å². The van der Waals surface area contributed by atoms with E-state index < -0.39 is 5.97 Å². The molecule has 0 saturated carbocycles. The van der Waals surface area contributed by atoms with Crippen LogP contribution in [0.4, 0.5) is 0 Å². The van der Waals surface area contributed by atoms with Gasteiger partial charge in [-0.1, -0.05) is 6.07 Å². The summed E-state index contributed by atoms with van der Waals surface area (Å²) in [5.41, 5.74) is 0. The van der Waals surface area contributed by atoms with Crippen molar-refractivity contribution in [3.63, 3.8) is 0 Å². The van der Waals surface area contributed by atoms with Gasteiger partial charge in [0.1, 0.15) is 0 Å². The lowest BCUT2D eigenvalue weighted by Gasteiger charge is -2.00. The van der Waals surface area contributed by atoms with Gasteiger partial charge in [-0.05, 0) is 17.5 Å². The van der Waals surface area contributed by atoms with E-state index in [4.69, 9.17) is 14.3 Å². The molecule has 2 aromatic heterocycles. The second-order valence-corrected chi connectivity index (χ2v) is 4.13. The molecule has 0 radical (unpaired) electrons. The number of hydrogen-bond donors (Lipinski definition) is 1. The van der Waals surface area contributed by atoms with Crippen LogP contribution in [0.25, 0.3) is 0 Å². The Labute approximate surface area is 96.1 Å². The average molecular weight is 238 g/mol. The lowest BCUT2D eigenvalue weighted by atomic mass is 10.4. The molecular formula is C11H10O4S. The van der Waals surface area contributed by atoms with Crippen molar-refractivity contribution in [3.05, 3.63) is 40.3 Å². The summed E-state index contributed by atoms with van der Waals surface area (Å²) in [5.74, 6) is -0.951. The number of carboxylic acid groups (broad SMARTS) is 1. The Kier molecular flexibility index (Phi) is 3.26. The SMILES string of the molecule is O=C(O)c1ccc(OCCc2cccs2)o1. The van der Waals surface area contributed by atoms with E-state index in [1.807, 2.05) is 17.5 Å². The summed E-state index contributed by atoms with van der Waals surface area (Å²) in [7, 11) is 0. The van der Waals surface area contributed by atoms with Crippen LogP contribution in [0.3, 0.4) is 0 Å². The average Bonchev–Trinajstić information content (AvgIpc) is 2.87. The molecule has 16 heavy (non-hydrogen) atoms. The van der Waals surface area contributed by atoms with Crippen LogP contribution < -0.4 is 4.74 Å². The Morgan fingerprint density at radius 2 is 2.31 bits per heavy atom. The number of carbonyl (C=O) groups is 1. The number of hydrogen-bond acceptors (Lipinski definition) is 4. The summed E-state index contributed by atoms with van der Waals surface area (Å²) in [6, 6.07) is 6.90. The quantitative estimate of drug-likeness (QED) is 0.869. The molecule has 0 aliphatic heterocycles. The fraction of sp³-hybridized carbons (Fsp3) is 0.182. The Morgan fingerprint density at radius 1 is 1.44 bits per heavy atom. The minimum Gasteiger partial charge on any atom is -0.475 e. The van der Waals surface area contributed by atoms with Crippen molar-refractivity contribution in [2.45, 2.75) is 6.42 Å². The maximum Gasteiger partial charge on any atom is 0.371 e. The first-order valence-corrected chi connectivity index (χ1v) is 5.62. The van der Waals surface area contributed by atoms with Gasteiger partial charge in [0.25, 0.3) is 5.95 Å². The van der Waals surface area contributed by atoms with Crippen molar-refractivity contribution < 1.29 is 19.1 Å². The van der Waals surface area contributed by atoms with Crippen LogP contribution in [-0.4, -0.2) is 17.7 Å². The predicted octanol–water partition coefficient (Wildman–Crippen LogP) is 2.66. The van der Waals surface area contributed by atoms with Crippen LogP contribution in [0.1, 0.15) is 15.4 Å². The zero-order valence-electron chi connectivity index (χ0n) is 8.38. The number of rotatable bonds is 5. The van der Waals surface area contributed by atoms with Crippen LogP contribution in [-0.2, 0) is 6.42 Å². The minimum atomic E-state index is -1.09. The van der Waals surface area contributed by atoms with E-state index >= 15 is 0 Å². The van der Waals surface area contributed by atoms with E-state index in [2.05, 4.69) is 0 Å². The van der Waals surface area contributed by atoms with Gasteiger partial charge >= 0.3 is 5.97 Å². The molecule has 0 saturated heterocycles. The summed E-state index contributed by atoms with van der Waals surface area (Å²) in [6.07, 6.45) is 0.792. The molecule has 4 nitrogen and oxygen atoms in total. The van der Waals surface area contributed by atoms with E-state index in [9.17, 15) is 4.79 Å². The third-order valence-corrected chi connectivity index (χ3v) is 2.90. The molecule has 0 aliphatic rings. The highest BCUT2D eigenvalue weighted by Gasteiger charge is 2.09. The molecule has 2 rings (SSSR count). The highest BCUT2D eigenvalue weighted by atomic mass is 32.1. The minimum absolute atomic E-state index is 0.105. The number of aromatic carboxylic acids is 1. The Hall–Kier alpha value is -1.75. The monoisotopic (exact) mass is 238 g/mol. The van der Waals surface area contributed by atoms with Crippen molar-refractivity contribution in [1.82, 2.24) is 0 Å². The van der Waals surface area contributed by atoms with Crippen LogP contribution in [0.5, 0.6) is 5.95 Å². The molecule has 0 fully saturated rings. The highest BCUT2D eigenvalue weighted by molar-refractivity contribution is 7.09. The van der Waals surface area contributed by atoms with Crippen LogP contribution in [0.15, 0.2) is 34.1 Å². The van der Waals surface area contributed by atoms with E-state index in [1.165, 1.54) is 17.0 Å². The summed E-state index contributed by atoms with van der Waals surface area (Å²) in [6.45, 7) is 0.479. The van der Waals surface area contributed by atoms with Crippen molar-refractivity contribution in [2.24, 2.45) is 0 Å². The molecule has 1 N–H and O–H groups in total. The Balaban J connectivity index is 1.83. The first kappa shape index (κ1) is 10.8. The third kappa shape index (κ3) is 2.64. The number of ether oxygens (including phenoxy) is 1. The molecule has 2 aromatic rings. The normalized spacial score (nSPS) is 10.2. The lowest BCUT2D eigenvalue weighted by molar-refractivity contribution is 0.0653. The van der Waals surface area contributed by atoms with E-state index in [-0.39, 0.29) is 11.7 Å². The van der Waals surface area contributed by atoms with Crippen LogP contribution in [0, 0.1) is 0 Å². The van der Waals surface area contributed by atoms with Gasteiger partial charge in [0, 0.05) is 17.4 Å². The Bertz CT molecular complexity index is 458. The lowest BCUT2D eigenvalue weighted by Crippen LogP contribution is -1.99. The largest absolute Gasteiger partial charge is 0.475 e. The predicted molar refractivity (Wildman–Crippen MR) is 59.2 cm³/mol. The van der Waals surface area contributed by atoms with E-state index in [1.54, 1.807) is 11.3 Å². The standard InChI is InChI=1S/C11H10O4S/c12-11(13)9-3-4-10(15-9)14-6-5-8-2-1-7-16-8/h1-4,7H,5-6H2,(H,12,13). The summed E-state index contributed by atoms with van der Waals surface area (Å²) >= 11 is 1.66. The second-order valence-electron chi connectivity index (χ2n) is 3.10. The smallest absolute Gasteiger partial charge is 0.371 e. The maximum atomic E-state index is 10.5. The van der Waals surface area contributed by atoms with Gasteiger partial charge in [0.15, 0.2) is 0 Å². The number of carboxylic acids is 1. The molecule has 0 bridgehead atoms. The van der Waals surface area contributed by atoms with Gasteiger partial charge < -0.3 is 14.3 Å². The van der Waals surface area contributed by atoms with Crippen LogP contribution in [0.2, 0.25) is 0 Å². The number of thiophene rings is 1. The Morgan fingerprint density at radius 3 is 2.94 bits per heavy atom. The first-order chi connectivity index (χ1) is 7.75.